The lowest BCUT2D eigenvalue weighted by atomic mass is 10.3. The highest BCUT2D eigenvalue weighted by Gasteiger charge is 2.03. The SMILES string of the molecule is C=C(NCCC(=O)O)c1ccc(/C=C/CN=C(N)N)s1.CC.NS(=O)c1ccccc1. The van der Waals surface area contributed by atoms with Gasteiger partial charge in [-0.05, 0) is 30.3 Å². The molecule has 31 heavy (non-hydrogen) atoms. The van der Waals surface area contributed by atoms with E-state index < -0.39 is 17.0 Å². The van der Waals surface area contributed by atoms with Gasteiger partial charge in [0.2, 0.25) is 0 Å². The van der Waals surface area contributed by atoms with E-state index >= 15 is 0 Å². The van der Waals surface area contributed by atoms with Crippen molar-refractivity contribution in [1.82, 2.24) is 5.32 Å². The first-order valence-corrected chi connectivity index (χ1v) is 11.5. The van der Waals surface area contributed by atoms with Crippen molar-refractivity contribution < 1.29 is 14.1 Å². The summed E-state index contributed by atoms with van der Waals surface area (Å²) in [6, 6.07) is 12.8. The second-order valence-corrected chi connectivity index (χ2v) is 7.71. The van der Waals surface area contributed by atoms with Crippen molar-refractivity contribution in [3.05, 3.63) is 64.9 Å². The Morgan fingerprint density at radius 3 is 2.39 bits per heavy atom. The number of benzene rings is 1. The molecule has 0 aliphatic carbocycles. The topological polar surface area (TPSA) is 157 Å². The fourth-order valence-electron chi connectivity index (χ4n) is 1.89. The van der Waals surface area contributed by atoms with Crippen molar-refractivity contribution in [3.63, 3.8) is 0 Å². The number of thiophene rings is 1. The van der Waals surface area contributed by atoms with Crippen LogP contribution in [0.4, 0.5) is 0 Å². The van der Waals surface area contributed by atoms with E-state index in [1.807, 2.05) is 44.2 Å². The number of carboxylic acids is 1. The molecule has 2 aromatic rings. The normalized spacial score (nSPS) is 10.7. The Morgan fingerprint density at radius 2 is 1.87 bits per heavy atom. The zero-order chi connectivity index (χ0) is 23.6. The number of aliphatic imine (C=N–C) groups is 1. The number of aliphatic carboxylic acids is 1. The largest absolute Gasteiger partial charge is 0.481 e. The Morgan fingerprint density at radius 1 is 1.23 bits per heavy atom. The fourth-order valence-corrected chi connectivity index (χ4v) is 3.20. The van der Waals surface area contributed by atoms with Crippen LogP contribution in [-0.4, -0.2) is 34.3 Å². The molecule has 1 unspecified atom stereocenters. The molecule has 10 heteroatoms. The third-order valence-corrected chi connectivity index (χ3v) is 5.09. The zero-order valence-corrected chi connectivity index (χ0v) is 19.4. The van der Waals surface area contributed by atoms with Gasteiger partial charge in [-0.1, -0.05) is 44.7 Å². The summed E-state index contributed by atoms with van der Waals surface area (Å²) in [6.07, 6.45) is 3.84. The molecule has 1 heterocycles. The molecule has 0 aliphatic rings. The second kappa shape index (κ2) is 16.8. The Kier molecular flexibility index (Phi) is 15.2. The molecule has 8 nitrogen and oxygen atoms in total. The predicted molar refractivity (Wildman–Crippen MR) is 132 cm³/mol. The smallest absolute Gasteiger partial charge is 0.305 e. The third-order valence-electron chi connectivity index (χ3n) is 3.24. The highest BCUT2D eigenvalue weighted by atomic mass is 32.2. The fraction of sp³-hybridized carbons (Fsp3) is 0.238. The molecule has 0 saturated carbocycles. The van der Waals surface area contributed by atoms with E-state index in [1.54, 1.807) is 35.6 Å². The molecule has 2 rings (SSSR count). The molecule has 0 fully saturated rings. The minimum atomic E-state index is -1.33. The monoisotopic (exact) mass is 465 g/mol. The molecule has 170 valence electrons. The molecule has 1 atom stereocenters. The van der Waals surface area contributed by atoms with Crippen LogP contribution in [0.3, 0.4) is 0 Å². The van der Waals surface area contributed by atoms with Gasteiger partial charge in [0.25, 0.3) is 0 Å². The van der Waals surface area contributed by atoms with Crippen molar-refractivity contribution in [3.8, 4) is 0 Å². The van der Waals surface area contributed by atoms with Gasteiger partial charge in [-0.15, -0.1) is 11.3 Å². The number of hydrogen-bond donors (Lipinski definition) is 5. The molecule has 0 saturated heterocycles. The molecule has 0 aliphatic heterocycles. The van der Waals surface area contributed by atoms with Crippen molar-refractivity contribution in [2.75, 3.05) is 13.1 Å². The number of nitrogens with one attached hydrogen (secondary N) is 1. The van der Waals surface area contributed by atoms with E-state index in [1.165, 1.54) is 0 Å². The van der Waals surface area contributed by atoms with Gasteiger partial charge in [0.15, 0.2) is 5.96 Å². The highest BCUT2D eigenvalue weighted by molar-refractivity contribution is 7.82. The van der Waals surface area contributed by atoms with Crippen molar-refractivity contribution in [1.29, 1.82) is 0 Å². The summed E-state index contributed by atoms with van der Waals surface area (Å²) >= 11 is 1.55. The third kappa shape index (κ3) is 13.8. The average Bonchev–Trinajstić information content (AvgIpc) is 3.22. The number of rotatable bonds is 9. The number of hydrogen-bond acceptors (Lipinski definition) is 5. The lowest BCUT2D eigenvalue weighted by molar-refractivity contribution is -0.136. The van der Waals surface area contributed by atoms with Crippen molar-refractivity contribution >= 4 is 46.0 Å². The number of carboxylic acid groups (broad SMARTS) is 1. The Labute approximate surface area is 190 Å². The summed E-state index contributed by atoms with van der Waals surface area (Å²) in [4.78, 5) is 16.9. The van der Waals surface area contributed by atoms with Crippen LogP contribution in [0.2, 0.25) is 0 Å². The maximum absolute atomic E-state index is 10.5. The molecular weight excluding hydrogens is 434 g/mol. The molecule has 0 bridgehead atoms. The van der Waals surface area contributed by atoms with Crippen LogP contribution in [-0.2, 0) is 15.8 Å². The van der Waals surface area contributed by atoms with Crippen LogP contribution in [0, 0.1) is 0 Å². The van der Waals surface area contributed by atoms with Gasteiger partial charge in [-0.3, -0.25) is 4.79 Å². The minimum Gasteiger partial charge on any atom is -0.481 e. The van der Waals surface area contributed by atoms with Gasteiger partial charge in [-0.25, -0.2) is 14.3 Å². The summed E-state index contributed by atoms with van der Waals surface area (Å²) in [5, 5.41) is 16.6. The van der Waals surface area contributed by atoms with E-state index in [4.69, 9.17) is 21.7 Å². The molecule has 0 spiro atoms. The van der Waals surface area contributed by atoms with E-state index in [0.717, 1.165) is 15.5 Å². The van der Waals surface area contributed by atoms with Crippen LogP contribution in [0.15, 0.2) is 65.0 Å². The summed E-state index contributed by atoms with van der Waals surface area (Å²) in [5.41, 5.74) is 11.2. The van der Waals surface area contributed by atoms with Crippen LogP contribution < -0.4 is 21.9 Å². The Bertz CT molecular complexity index is 876. The quantitative estimate of drug-likeness (QED) is 0.283. The average molecular weight is 466 g/mol. The Hall–Kier alpha value is -2.95. The highest BCUT2D eigenvalue weighted by Crippen LogP contribution is 2.22. The standard InChI is InChI=1S/C13H18N4O2S.C6H7NOS.C2H6/c1-9(16-8-6-12(18)19)11-5-4-10(20-11)3-2-7-17-13(14)15;7-9(8)6-4-2-1-3-5-6;1-2/h2-5,16H,1,6-8H2,(H,18,19)(H4,14,15,17);1-5H,7H2;1-2H3/b3-2+;;. The maximum atomic E-state index is 10.5. The zero-order valence-electron chi connectivity index (χ0n) is 17.8. The van der Waals surface area contributed by atoms with Gasteiger partial charge in [0, 0.05) is 17.1 Å². The predicted octanol–water partition coefficient (Wildman–Crippen LogP) is 2.76. The van der Waals surface area contributed by atoms with Gasteiger partial charge in [0.1, 0.15) is 11.0 Å². The van der Waals surface area contributed by atoms with E-state index in [2.05, 4.69) is 16.9 Å². The second-order valence-electron chi connectivity index (χ2n) is 5.53. The maximum Gasteiger partial charge on any atom is 0.305 e. The van der Waals surface area contributed by atoms with Crippen LogP contribution in [0.25, 0.3) is 11.8 Å². The van der Waals surface area contributed by atoms with Gasteiger partial charge in [0.05, 0.1) is 22.7 Å². The summed E-state index contributed by atoms with van der Waals surface area (Å²) < 4.78 is 10.5. The first-order valence-electron chi connectivity index (χ1n) is 9.47. The van der Waals surface area contributed by atoms with Crippen LogP contribution in [0.1, 0.15) is 30.0 Å². The van der Waals surface area contributed by atoms with Crippen LogP contribution in [0.5, 0.6) is 0 Å². The lowest BCUT2D eigenvalue weighted by Gasteiger charge is -2.05. The Balaban J connectivity index is 0.000000679. The van der Waals surface area contributed by atoms with Gasteiger partial charge >= 0.3 is 5.97 Å². The van der Waals surface area contributed by atoms with Gasteiger partial charge < -0.3 is 21.9 Å². The number of guanidine groups is 1. The van der Waals surface area contributed by atoms with E-state index in [0.29, 0.717) is 18.0 Å². The van der Waals surface area contributed by atoms with E-state index in [9.17, 15) is 9.00 Å². The first-order chi connectivity index (χ1) is 14.8. The number of nitrogens with two attached hydrogens (primary N) is 3. The summed E-state index contributed by atoms with van der Waals surface area (Å²) in [7, 11) is -1.33. The lowest BCUT2D eigenvalue weighted by Crippen LogP contribution is -2.22. The number of carbonyl (C=O) groups is 1. The molecular formula is C21H31N5O3S2. The van der Waals surface area contributed by atoms with Crippen molar-refractivity contribution in [2.45, 2.75) is 25.2 Å². The van der Waals surface area contributed by atoms with Gasteiger partial charge in [-0.2, -0.15) is 0 Å². The summed E-state index contributed by atoms with van der Waals surface area (Å²) in [5.74, 6) is -0.766. The molecule has 1 aromatic heterocycles. The molecule has 1 aromatic carbocycles. The number of nitrogens with zero attached hydrogens (tertiary/aromatic N) is 1. The van der Waals surface area contributed by atoms with E-state index in [-0.39, 0.29) is 12.4 Å². The minimum absolute atomic E-state index is 0.0651. The first kappa shape index (κ1) is 28.1. The molecule has 0 radical (unpaired) electrons. The molecule has 8 N–H and O–H groups in total. The summed E-state index contributed by atoms with van der Waals surface area (Å²) in [6.45, 7) is 8.68. The van der Waals surface area contributed by atoms with Crippen molar-refractivity contribution in [2.24, 2.45) is 21.6 Å². The van der Waals surface area contributed by atoms with Crippen LogP contribution >= 0.6 is 11.3 Å². The molecule has 0 amide bonds.